The Kier molecular flexibility index (Phi) is 8.25. The fourth-order valence-electron chi connectivity index (χ4n) is 1.73. The predicted molar refractivity (Wildman–Crippen MR) is 66.9 cm³/mol. The van der Waals surface area contributed by atoms with Crippen LogP contribution in [-0.4, -0.2) is 50.2 Å². The van der Waals surface area contributed by atoms with Crippen molar-refractivity contribution in [3.05, 3.63) is 12.7 Å². The fourth-order valence-corrected chi connectivity index (χ4v) is 1.73. The average Bonchev–Trinajstić information content (AvgIpc) is 2.29. The quantitative estimate of drug-likeness (QED) is 0.579. The van der Waals surface area contributed by atoms with Crippen LogP contribution in [0.4, 0.5) is 0 Å². The molecule has 0 atom stereocenters. The van der Waals surface area contributed by atoms with Crippen molar-refractivity contribution in [3.8, 4) is 0 Å². The Labute approximate surface area is 103 Å². The standard InChI is InChI=1S/C11H20N2O2.ClH/c1-3-8-15-9-11(14)13(2)10-4-6-12-7-5-10;/h3,10,12H,1,4-9H2,2H3;1H. The molecule has 0 aromatic heterocycles. The van der Waals surface area contributed by atoms with Crippen molar-refractivity contribution in [3.63, 3.8) is 0 Å². The third-order valence-electron chi connectivity index (χ3n) is 2.71. The fraction of sp³-hybridized carbons (Fsp3) is 0.727. The van der Waals surface area contributed by atoms with Crippen LogP contribution in [0, 0.1) is 0 Å². The normalized spacial score (nSPS) is 16.3. The summed E-state index contributed by atoms with van der Waals surface area (Å²) in [4.78, 5) is 13.5. The monoisotopic (exact) mass is 248 g/mol. The van der Waals surface area contributed by atoms with E-state index >= 15 is 0 Å². The minimum atomic E-state index is 0. The van der Waals surface area contributed by atoms with Gasteiger partial charge in [0.15, 0.2) is 0 Å². The van der Waals surface area contributed by atoms with Crippen LogP contribution in [0.5, 0.6) is 0 Å². The van der Waals surface area contributed by atoms with E-state index in [9.17, 15) is 4.79 Å². The highest BCUT2D eigenvalue weighted by Crippen LogP contribution is 2.09. The van der Waals surface area contributed by atoms with Crippen molar-refractivity contribution in [1.29, 1.82) is 0 Å². The zero-order valence-corrected chi connectivity index (χ0v) is 10.6. The van der Waals surface area contributed by atoms with Crippen LogP contribution in [-0.2, 0) is 9.53 Å². The lowest BCUT2D eigenvalue weighted by Gasteiger charge is -2.31. The maximum atomic E-state index is 11.7. The molecule has 0 aromatic carbocycles. The SMILES string of the molecule is C=CCOCC(=O)N(C)C1CCNCC1.Cl. The van der Waals surface area contributed by atoms with Gasteiger partial charge in [0.25, 0.3) is 0 Å². The van der Waals surface area contributed by atoms with Gasteiger partial charge in [-0.15, -0.1) is 19.0 Å². The Balaban J connectivity index is 0.00000225. The first-order chi connectivity index (χ1) is 7.25. The van der Waals surface area contributed by atoms with Crippen LogP contribution >= 0.6 is 12.4 Å². The molecule has 0 aliphatic carbocycles. The van der Waals surface area contributed by atoms with E-state index in [0.717, 1.165) is 25.9 Å². The van der Waals surface area contributed by atoms with Gasteiger partial charge in [-0.2, -0.15) is 0 Å². The van der Waals surface area contributed by atoms with Gasteiger partial charge in [0.05, 0.1) is 6.61 Å². The minimum absolute atomic E-state index is 0. The zero-order valence-electron chi connectivity index (χ0n) is 9.78. The van der Waals surface area contributed by atoms with Crippen molar-refractivity contribution in [2.45, 2.75) is 18.9 Å². The lowest BCUT2D eigenvalue weighted by molar-refractivity contribution is -0.136. The topological polar surface area (TPSA) is 41.6 Å². The number of amides is 1. The van der Waals surface area contributed by atoms with Gasteiger partial charge in [0, 0.05) is 13.1 Å². The Morgan fingerprint density at radius 2 is 2.19 bits per heavy atom. The van der Waals surface area contributed by atoms with Gasteiger partial charge in [0.2, 0.25) is 5.91 Å². The van der Waals surface area contributed by atoms with Gasteiger partial charge in [-0.05, 0) is 25.9 Å². The molecule has 94 valence electrons. The number of halogens is 1. The molecule has 0 radical (unpaired) electrons. The number of hydrogen-bond donors (Lipinski definition) is 1. The number of hydrogen-bond acceptors (Lipinski definition) is 3. The van der Waals surface area contributed by atoms with Crippen LogP contribution in [0.3, 0.4) is 0 Å². The number of rotatable bonds is 5. The lowest BCUT2D eigenvalue weighted by Crippen LogP contribution is -2.45. The molecule has 0 unspecified atom stereocenters. The molecule has 0 spiro atoms. The molecule has 1 aliphatic rings. The molecular weight excluding hydrogens is 228 g/mol. The minimum Gasteiger partial charge on any atom is -0.368 e. The molecule has 1 aliphatic heterocycles. The van der Waals surface area contributed by atoms with Crippen molar-refractivity contribution in [1.82, 2.24) is 10.2 Å². The molecule has 0 aromatic rings. The summed E-state index contributed by atoms with van der Waals surface area (Å²) in [5.74, 6) is 0.0590. The summed E-state index contributed by atoms with van der Waals surface area (Å²) in [6, 6.07) is 0.367. The van der Waals surface area contributed by atoms with Crippen LogP contribution in [0.15, 0.2) is 12.7 Å². The maximum Gasteiger partial charge on any atom is 0.248 e. The number of likely N-dealkylation sites (N-methyl/N-ethyl adjacent to an activating group) is 1. The largest absolute Gasteiger partial charge is 0.368 e. The molecule has 5 heteroatoms. The average molecular weight is 249 g/mol. The second-order valence-corrected chi connectivity index (χ2v) is 3.79. The van der Waals surface area contributed by atoms with Gasteiger partial charge < -0.3 is 15.0 Å². The molecule has 16 heavy (non-hydrogen) atoms. The third-order valence-corrected chi connectivity index (χ3v) is 2.71. The summed E-state index contributed by atoms with van der Waals surface area (Å²) in [5, 5.41) is 3.28. The second-order valence-electron chi connectivity index (χ2n) is 3.79. The number of carbonyl (C=O) groups excluding carboxylic acids is 1. The molecule has 0 saturated carbocycles. The van der Waals surface area contributed by atoms with Crippen LogP contribution in [0.1, 0.15) is 12.8 Å². The number of piperidine rings is 1. The zero-order chi connectivity index (χ0) is 11.1. The summed E-state index contributed by atoms with van der Waals surface area (Å²) in [6.07, 6.45) is 3.71. The third kappa shape index (κ3) is 4.96. The van der Waals surface area contributed by atoms with Crippen LogP contribution in [0.2, 0.25) is 0 Å². The van der Waals surface area contributed by atoms with E-state index in [1.165, 1.54) is 0 Å². The van der Waals surface area contributed by atoms with E-state index in [-0.39, 0.29) is 24.9 Å². The van der Waals surface area contributed by atoms with E-state index in [0.29, 0.717) is 12.6 Å². The highest BCUT2D eigenvalue weighted by Gasteiger charge is 2.21. The number of carbonyl (C=O) groups is 1. The van der Waals surface area contributed by atoms with E-state index in [1.54, 1.807) is 6.08 Å². The molecule has 0 bridgehead atoms. The Bertz CT molecular complexity index is 218. The predicted octanol–water partition coefficient (Wildman–Crippen LogP) is 0.821. The van der Waals surface area contributed by atoms with Crippen molar-refractivity contribution >= 4 is 18.3 Å². The smallest absolute Gasteiger partial charge is 0.248 e. The lowest BCUT2D eigenvalue weighted by atomic mass is 10.1. The molecule has 4 nitrogen and oxygen atoms in total. The first-order valence-electron chi connectivity index (χ1n) is 5.40. The van der Waals surface area contributed by atoms with Gasteiger partial charge >= 0.3 is 0 Å². The Morgan fingerprint density at radius 3 is 2.75 bits per heavy atom. The van der Waals surface area contributed by atoms with Gasteiger partial charge in [0.1, 0.15) is 6.61 Å². The van der Waals surface area contributed by atoms with E-state index in [2.05, 4.69) is 11.9 Å². The van der Waals surface area contributed by atoms with Crippen LogP contribution in [0.25, 0.3) is 0 Å². The first-order valence-corrected chi connectivity index (χ1v) is 5.40. The van der Waals surface area contributed by atoms with Crippen molar-refractivity contribution in [2.75, 3.05) is 33.4 Å². The summed E-state index contributed by atoms with van der Waals surface area (Å²) in [7, 11) is 1.86. The first kappa shape index (κ1) is 15.4. The summed E-state index contributed by atoms with van der Waals surface area (Å²) in [6.45, 7) is 6.12. The van der Waals surface area contributed by atoms with Crippen LogP contribution < -0.4 is 5.32 Å². The van der Waals surface area contributed by atoms with E-state index in [4.69, 9.17) is 4.74 Å². The number of nitrogens with one attached hydrogen (secondary N) is 1. The molecule has 1 rings (SSSR count). The summed E-state index contributed by atoms with van der Waals surface area (Å²) < 4.78 is 5.13. The Morgan fingerprint density at radius 1 is 1.56 bits per heavy atom. The highest BCUT2D eigenvalue weighted by molar-refractivity contribution is 5.85. The van der Waals surface area contributed by atoms with Gasteiger partial charge in [-0.3, -0.25) is 4.79 Å². The van der Waals surface area contributed by atoms with Crippen molar-refractivity contribution < 1.29 is 9.53 Å². The Hall–Kier alpha value is -0.580. The number of nitrogens with zero attached hydrogens (tertiary/aromatic N) is 1. The summed E-state index contributed by atoms with van der Waals surface area (Å²) in [5.41, 5.74) is 0. The van der Waals surface area contributed by atoms with Gasteiger partial charge in [-0.1, -0.05) is 6.08 Å². The molecule has 1 N–H and O–H groups in total. The van der Waals surface area contributed by atoms with E-state index in [1.807, 2.05) is 11.9 Å². The second kappa shape index (κ2) is 8.56. The van der Waals surface area contributed by atoms with Crippen molar-refractivity contribution in [2.24, 2.45) is 0 Å². The highest BCUT2D eigenvalue weighted by atomic mass is 35.5. The number of ether oxygens (including phenoxy) is 1. The molecule has 1 fully saturated rings. The van der Waals surface area contributed by atoms with Gasteiger partial charge in [-0.25, -0.2) is 0 Å². The molecule has 1 amide bonds. The maximum absolute atomic E-state index is 11.7. The summed E-state index contributed by atoms with van der Waals surface area (Å²) >= 11 is 0. The molecular formula is C11H21ClN2O2. The molecule has 1 saturated heterocycles. The molecule has 1 heterocycles. The van der Waals surface area contributed by atoms with E-state index < -0.39 is 0 Å².